The molecular weight excluding hydrogens is 447 g/mol. The average molecular weight is 464 g/mol. The molecule has 26 heavy (non-hydrogen) atoms. The van der Waals surface area contributed by atoms with Gasteiger partial charge in [0.2, 0.25) is 5.91 Å². The number of hydrogen-bond acceptors (Lipinski definition) is 4. The minimum absolute atomic E-state index is 0.0313. The van der Waals surface area contributed by atoms with Crippen molar-refractivity contribution in [2.24, 2.45) is 5.92 Å². The van der Waals surface area contributed by atoms with Crippen molar-refractivity contribution in [3.8, 4) is 6.07 Å². The summed E-state index contributed by atoms with van der Waals surface area (Å²) in [5, 5.41) is 9.07. The van der Waals surface area contributed by atoms with Gasteiger partial charge in [-0.15, -0.1) is 0 Å². The summed E-state index contributed by atoms with van der Waals surface area (Å²) in [4.78, 5) is 43.0. The lowest BCUT2D eigenvalue weighted by Crippen LogP contribution is -2.55. The van der Waals surface area contributed by atoms with Crippen molar-refractivity contribution in [2.45, 2.75) is 38.4 Å². The van der Waals surface area contributed by atoms with Gasteiger partial charge < -0.3 is 9.80 Å². The number of hydrogen-bond donors (Lipinski definition) is 0. The number of fused-ring (bicyclic) bond motifs is 5. The van der Waals surface area contributed by atoms with E-state index in [2.05, 4.69) is 6.07 Å². The molecule has 3 saturated heterocycles. The number of halogens is 1. The minimum Gasteiger partial charge on any atom is -0.335 e. The van der Waals surface area contributed by atoms with Crippen molar-refractivity contribution in [2.75, 3.05) is 11.4 Å². The van der Waals surface area contributed by atoms with Gasteiger partial charge in [-0.05, 0) is 47.2 Å². The number of nitrogens with zero attached hydrogens (tertiary/aromatic N) is 4. The summed E-state index contributed by atoms with van der Waals surface area (Å²) >= 11 is 2.02. The Hall–Kier alpha value is -2.15. The second-order valence-electron chi connectivity index (χ2n) is 7.19. The molecule has 0 saturated carbocycles. The van der Waals surface area contributed by atoms with Crippen LogP contribution in [-0.4, -0.2) is 52.3 Å². The second-order valence-corrected chi connectivity index (χ2v) is 8.35. The van der Waals surface area contributed by atoms with Crippen LogP contribution in [0.1, 0.15) is 25.8 Å². The third kappa shape index (κ3) is 2.26. The van der Waals surface area contributed by atoms with E-state index in [1.165, 1.54) is 4.90 Å². The third-order valence-corrected chi connectivity index (χ3v) is 6.27. The molecule has 3 unspecified atom stereocenters. The maximum atomic E-state index is 13.0. The molecule has 8 heteroatoms. The number of nitriles is 1. The Kier molecular flexibility index (Phi) is 3.95. The Morgan fingerprint density at radius 1 is 1.35 bits per heavy atom. The van der Waals surface area contributed by atoms with E-state index in [0.29, 0.717) is 27.8 Å². The van der Waals surface area contributed by atoms with Crippen LogP contribution in [0.25, 0.3) is 0 Å². The van der Waals surface area contributed by atoms with Gasteiger partial charge in [0.25, 0.3) is 5.91 Å². The van der Waals surface area contributed by atoms with Crippen molar-refractivity contribution in [3.05, 3.63) is 27.3 Å². The standard InChI is InChI=1S/C18H17IN4O3/c1-9(2)16(24)21-8-12-6-14(21)15-17(25)23(18(26)22(12)15)11-4-3-10(7-20)13(19)5-11/h3-5,9,12,14-15H,6,8H2,1-2H3. The molecule has 3 heterocycles. The van der Waals surface area contributed by atoms with Crippen LogP contribution in [0.2, 0.25) is 0 Å². The highest BCUT2D eigenvalue weighted by Gasteiger charge is 2.62. The van der Waals surface area contributed by atoms with Gasteiger partial charge in [-0.3, -0.25) is 9.59 Å². The molecular formula is C18H17IN4O3. The van der Waals surface area contributed by atoms with Crippen LogP contribution in [0.15, 0.2) is 18.2 Å². The molecule has 7 nitrogen and oxygen atoms in total. The number of rotatable bonds is 2. The zero-order chi connectivity index (χ0) is 18.7. The molecule has 0 aromatic heterocycles. The molecule has 3 atom stereocenters. The van der Waals surface area contributed by atoms with E-state index in [1.807, 2.05) is 36.4 Å². The predicted molar refractivity (Wildman–Crippen MR) is 101 cm³/mol. The maximum Gasteiger partial charge on any atom is 0.332 e. The lowest BCUT2D eigenvalue weighted by atomic mass is 10.1. The summed E-state index contributed by atoms with van der Waals surface area (Å²) in [6, 6.07) is 5.72. The number of anilines is 1. The van der Waals surface area contributed by atoms with Crippen molar-refractivity contribution >= 4 is 46.1 Å². The van der Waals surface area contributed by atoms with E-state index in [-0.39, 0.29) is 35.8 Å². The van der Waals surface area contributed by atoms with Gasteiger partial charge in [0.15, 0.2) is 0 Å². The van der Waals surface area contributed by atoms with Crippen LogP contribution < -0.4 is 4.90 Å². The Morgan fingerprint density at radius 3 is 2.69 bits per heavy atom. The first-order valence-electron chi connectivity index (χ1n) is 8.51. The Morgan fingerprint density at radius 2 is 2.08 bits per heavy atom. The summed E-state index contributed by atoms with van der Waals surface area (Å²) < 4.78 is 0.690. The zero-order valence-electron chi connectivity index (χ0n) is 14.3. The number of urea groups is 1. The summed E-state index contributed by atoms with van der Waals surface area (Å²) in [6.45, 7) is 4.19. The maximum absolute atomic E-state index is 13.0. The third-order valence-electron chi connectivity index (χ3n) is 5.37. The molecule has 2 bridgehead atoms. The molecule has 4 amide bonds. The highest BCUT2D eigenvalue weighted by atomic mass is 127. The highest BCUT2D eigenvalue weighted by Crippen LogP contribution is 2.42. The number of likely N-dealkylation sites (tertiary alicyclic amines) is 1. The van der Waals surface area contributed by atoms with Crippen LogP contribution in [-0.2, 0) is 9.59 Å². The first-order valence-corrected chi connectivity index (χ1v) is 9.59. The molecule has 0 aliphatic carbocycles. The van der Waals surface area contributed by atoms with Crippen molar-refractivity contribution in [1.29, 1.82) is 5.26 Å². The number of amides is 4. The highest BCUT2D eigenvalue weighted by molar-refractivity contribution is 14.1. The number of carbonyl (C=O) groups excluding carboxylic acids is 3. The lowest BCUT2D eigenvalue weighted by Gasteiger charge is -2.35. The van der Waals surface area contributed by atoms with Gasteiger partial charge in [0.05, 0.1) is 23.3 Å². The van der Waals surface area contributed by atoms with E-state index >= 15 is 0 Å². The smallest absolute Gasteiger partial charge is 0.332 e. The summed E-state index contributed by atoms with van der Waals surface area (Å²) in [5.74, 6) is -0.390. The second kappa shape index (κ2) is 5.94. The molecule has 0 radical (unpaired) electrons. The number of benzene rings is 1. The molecule has 134 valence electrons. The van der Waals surface area contributed by atoms with Gasteiger partial charge in [0.1, 0.15) is 12.1 Å². The largest absolute Gasteiger partial charge is 0.335 e. The quantitative estimate of drug-likeness (QED) is 0.495. The van der Waals surface area contributed by atoms with Crippen molar-refractivity contribution in [3.63, 3.8) is 0 Å². The van der Waals surface area contributed by atoms with Crippen LogP contribution in [0.3, 0.4) is 0 Å². The van der Waals surface area contributed by atoms with Gasteiger partial charge in [0, 0.05) is 16.0 Å². The van der Waals surface area contributed by atoms with E-state index in [1.54, 1.807) is 28.0 Å². The van der Waals surface area contributed by atoms with E-state index in [9.17, 15) is 14.4 Å². The van der Waals surface area contributed by atoms with Crippen LogP contribution >= 0.6 is 22.6 Å². The topological polar surface area (TPSA) is 84.7 Å². The van der Waals surface area contributed by atoms with Gasteiger partial charge in [-0.2, -0.15) is 5.26 Å². The van der Waals surface area contributed by atoms with E-state index < -0.39 is 6.04 Å². The van der Waals surface area contributed by atoms with E-state index in [0.717, 1.165) is 0 Å². The lowest BCUT2D eigenvalue weighted by molar-refractivity contribution is -0.138. The van der Waals surface area contributed by atoms with E-state index in [4.69, 9.17) is 5.26 Å². The Bertz CT molecular complexity index is 878. The van der Waals surface area contributed by atoms with Gasteiger partial charge in [-0.1, -0.05) is 13.8 Å². The predicted octanol–water partition coefficient (Wildman–Crippen LogP) is 1.94. The van der Waals surface area contributed by atoms with Crippen LogP contribution in [0, 0.1) is 20.8 Å². The fourth-order valence-electron chi connectivity index (χ4n) is 4.21. The molecule has 1 aromatic carbocycles. The Balaban J connectivity index is 1.66. The van der Waals surface area contributed by atoms with Gasteiger partial charge in [-0.25, -0.2) is 9.69 Å². The molecule has 1 aromatic rings. The SMILES string of the molecule is CC(C)C(=O)N1CC2CC1C1C(=O)N(c3ccc(C#N)c(I)c3)C(=O)N21. The fraction of sp³-hybridized carbons (Fsp3) is 0.444. The molecule has 4 rings (SSSR count). The summed E-state index contributed by atoms with van der Waals surface area (Å²) in [6.07, 6.45) is 0.666. The molecule has 3 fully saturated rings. The first-order chi connectivity index (χ1) is 12.3. The van der Waals surface area contributed by atoms with Crippen molar-refractivity contribution in [1.82, 2.24) is 9.80 Å². The van der Waals surface area contributed by atoms with Crippen LogP contribution in [0.5, 0.6) is 0 Å². The molecule has 0 N–H and O–H groups in total. The number of piperazine rings is 1. The summed E-state index contributed by atoms with van der Waals surface area (Å²) in [7, 11) is 0. The minimum atomic E-state index is -0.600. The summed E-state index contributed by atoms with van der Waals surface area (Å²) in [5.41, 5.74) is 0.974. The zero-order valence-corrected chi connectivity index (χ0v) is 16.5. The normalized spacial score (nSPS) is 26.7. The average Bonchev–Trinajstić information content (AvgIpc) is 3.25. The first kappa shape index (κ1) is 17.3. The molecule has 3 aliphatic rings. The molecule has 3 aliphatic heterocycles. The monoisotopic (exact) mass is 464 g/mol. The van der Waals surface area contributed by atoms with Crippen LogP contribution in [0.4, 0.5) is 10.5 Å². The number of carbonyl (C=O) groups is 3. The fourth-order valence-corrected chi connectivity index (χ4v) is 4.83. The van der Waals surface area contributed by atoms with Gasteiger partial charge >= 0.3 is 6.03 Å². The Labute approximate surface area is 164 Å². The van der Waals surface area contributed by atoms with Crippen molar-refractivity contribution < 1.29 is 14.4 Å². The number of imide groups is 1. The molecule has 0 spiro atoms.